The zero-order valence-corrected chi connectivity index (χ0v) is 14.8. The summed E-state index contributed by atoms with van der Waals surface area (Å²) >= 11 is 4.94. The highest BCUT2D eigenvalue weighted by Crippen LogP contribution is 2.24. The highest BCUT2D eigenvalue weighted by Gasteiger charge is 2.31. The molecule has 1 aromatic carbocycles. The molecule has 3 rings (SSSR count). The van der Waals surface area contributed by atoms with E-state index in [2.05, 4.69) is 5.32 Å². The van der Waals surface area contributed by atoms with E-state index in [4.69, 9.17) is 12.2 Å². The Hall–Kier alpha value is -2.80. The van der Waals surface area contributed by atoms with Gasteiger partial charge in [-0.25, -0.2) is 4.39 Å². The molecule has 5 nitrogen and oxygen atoms in total. The zero-order chi connectivity index (χ0) is 18.3. The van der Waals surface area contributed by atoms with Crippen LogP contribution in [0.25, 0.3) is 11.8 Å². The number of hydrogen-bond donors (Lipinski definition) is 1. The lowest BCUT2D eigenvalue weighted by atomic mass is 10.1. The minimum atomic E-state index is -0.514. The molecule has 0 aliphatic carbocycles. The number of amides is 2. The summed E-state index contributed by atoms with van der Waals surface area (Å²) < 4.78 is 15.1. The molecule has 1 aliphatic rings. The summed E-state index contributed by atoms with van der Waals surface area (Å²) in [5.41, 5.74) is 3.31. The molecule has 0 atom stereocenters. The van der Waals surface area contributed by atoms with E-state index < -0.39 is 11.8 Å². The van der Waals surface area contributed by atoms with Crippen molar-refractivity contribution in [2.45, 2.75) is 13.8 Å². The lowest BCUT2D eigenvalue weighted by Gasteiger charge is -2.25. The molecule has 25 heavy (non-hydrogen) atoms. The van der Waals surface area contributed by atoms with Gasteiger partial charge in [-0.15, -0.1) is 0 Å². The number of rotatable bonds is 2. The topological polar surface area (TPSA) is 54.3 Å². The van der Waals surface area contributed by atoms with E-state index in [1.165, 1.54) is 24.1 Å². The molecule has 0 saturated carbocycles. The van der Waals surface area contributed by atoms with Gasteiger partial charge in [0.15, 0.2) is 5.11 Å². The quantitative estimate of drug-likeness (QED) is 0.510. The summed E-state index contributed by atoms with van der Waals surface area (Å²) in [6.45, 7) is 3.78. The summed E-state index contributed by atoms with van der Waals surface area (Å²) in [5.74, 6) is -1.27. The zero-order valence-electron chi connectivity index (χ0n) is 14.0. The molecule has 2 aromatic rings. The van der Waals surface area contributed by atoms with Gasteiger partial charge >= 0.3 is 0 Å². The monoisotopic (exact) mass is 357 g/mol. The minimum absolute atomic E-state index is 0.0236. The molecule has 1 aliphatic heterocycles. The van der Waals surface area contributed by atoms with Gasteiger partial charge in [0.2, 0.25) is 0 Å². The minimum Gasteiger partial charge on any atom is -0.318 e. The highest BCUT2D eigenvalue weighted by molar-refractivity contribution is 7.80. The van der Waals surface area contributed by atoms with Crippen LogP contribution in [-0.4, -0.2) is 33.4 Å². The van der Waals surface area contributed by atoms with E-state index in [-0.39, 0.29) is 16.5 Å². The van der Waals surface area contributed by atoms with Gasteiger partial charge in [-0.3, -0.25) is 19.8 Å². The van der Waals surface area contributed by atoms with Gasteiger partial charge in [-0.1, -0.05) is 0 Å². The average molecular weight is 357 g/mol. The molecule has 128 valence electrons. The second kappa shape index (κ2) is 6.25. The van der Waals surface area contributed by atoms with Crippen LogP contribution in [0.1, 0.15) is 17.0 Å². The Balaban J connectivity index is 2.06. The fourth-order valence-corrected chi connectivity index (χ4v) is 3.00. The number of aromatic nitrogens is 1. The van der Waals surface area contributed by atoms with Crippen molar-refractivity contribution >= 4 is 35.2 Å². The lowest BCUT2D eigenvalue weighted by Crippen LogP contribution is -2.52. The Morgan fingerprint density at radius 2 is 1.80 bits per heavy atom. The maximum Gasteiger partial charge on any atom is 0.265 e. The molecule has 0 unspecified atom stereocenters. The van der Waals surface area contributed by atoms with E-state index in [0.717, 1.165) is 22.6 Å². The van der Waals surface area contributed by atoms with E-state index in [1.54, 1.807) is 18.2 Å². The second-order valence-electron chi connectivity index (χ2n) is 5.82. The third-order valence-corrected chi connectivity index (χ3v) is 4.54. The largest absolute Gasteiger partial charge is 0.318 e. The first-order valence-corrected chi connectivity index (χ1v) is 8.00. The maximum atomic E-state index is 13.2. The smallest absolute Gasteiger partial charge is 0.265 e. The first-order valence-electron chi connectivity index (χ1n) is 7.59. The van der Waals surface area contributed by atoms with Crippen LogP contribution in [0.15, 0.2) is 35.9 Å². The van der Waals surface area contributed by atoms with Crippen molar-refractivity contribution in [2.24, 2.45) is 0 Å². The van der Waals surface area contributed by atoms with Crippen LogP contribution in [0.3, 0.4) is 0 Å². The van der Waals surface area contributed by atoms with Crippen molar-refractivity contribution in [1.82, 2.24) is 14.8 Å². The number of halogens is 1. The Labute approximate surface area is 149 Å². The number of benzene rings is 1. The van der Waals surface area contributed by atoms with E-state index in [0.29, 0.717) is 0 Å². The SMILES string of the molecule is Cc1cc(/C=C2\C(=O)NC(=S)N(C)C2=O)c(C)n1-c1ccc(F)cc1. The third kappa shape index (κ3) is 2.98. The maximum absolute atomic E-state index is 13.2. The van der Waals surface area contributed by atoms with Crippen LogP contribution in [0.5, 0.6) is 0 Å². The van der Waals surface area contributed by atoms with Crippen LogP contribution in [0, 0.1) is 19.7 Å². The first kappa shape index (κ1) is 17.0. The van der Waals surface area contributed by atoms with Crippen molar-refractivity contribution < 1.29 is 14.0 Å². The summed E-state index contributed by atoms with van der Waals surface area (Å²) in [6.07, 6.45) is 1.55. The summed E-state index contributed by atoms with van der Waals surface area (Å²) in [4.78, 5) is 25.7. The normalized spacial score (nSPS) is 16.6. The van der Waals surface area contributed by atoms with Crippen molar-refractivity contribution in [3.63, 3.8) is 0 Å². The molecule has 1 fully saturated rings. The Kier molecular flexibility index (Phi) is 4.26. The van der Waals surface area contributed by atoms with Crippen molar-refractivity contribution in [3.8, 4) is 5.69 Å². The van der Waals surface area contributed by atoms with Crippen molar-refractivity contribution in [1.29, 1.82) is 0 Å². The predicted octanol–water partition coefficient (Wildman–Crippen LogP) is 2.49. The van der Waals surface area contributed by atoms with Crippen LogP contribution in [0.4, 0.5) is 4.39 Å². The van der Waals surface area contributed by atoms with Gasteiger partial charge in [-0.05, 0) is 68.0 Å². The fourth-order valence-electron chi connectivity index (χ4n) is 2.82. The Morgan fingerprint density at radius 1 is 1.16 bits per heavy atom. The molecular formula is C18H16FN3O2S. The molecule has 0 spiro atoms. The highest BCUT2D eigenvalue weighted by atomic mass is 32.1. The molecule has 1 saturated heterocycles. The second-order valence-corrected chi connectivity index (χ2v) is 6.21. The molecule has 1 N–H and O–H groups in total. The standard InChI is InChI=1S/C18H16FN3O2S/c1-10-8-12(9-15-16(23)20-18(25)21(3)17(15)24)11(2)22(10)14-6-4-13(19)5-7-14/h4-9H,1-3H3,(H,20,23,25)/b15-9+. The molecule has 1 aromatic heterocycles. The van der Waals surface area contributed by atoms with E-state index in [9.17, 15) is 14.0 Å². The number of nitrogens with zero attached hydrogens (tertiary/aromatic N) is 2. The van der Waals surface area contributed by atoms with Gasteiger partial charge < -0.3 is 4.57 Å². The van der Waals surface area contributed by atoms with Gasteiger partial charge in [-0.2, -0.15) is 0 Å². The van der Waals surface area contributed by atoms with Crippen LogP contribution < -0.4 is 5.32 Å². The predicted molar refractivity (Wildman–Crippen MR) is 96.7 cm³/mol. The number of hydrogen-bond acceptors (Lipinski definition) is 3. The number of likely N-dealkylation sites (N-methyl/N-ethyl adjacent to an activating group) is 1. The Morgan fingerprint density at radius 3 is 2.44 bits per heavy atom. The first-order chi connectivity index (χ1) is 11.8. The number of thiocarbonyl (C=S) groups is 1. The van der Waals surface area contributed by atoms with Crippen LogP contribution >= 0.6 is 12.2 Å². The van der Waals surface area contributed by atoms with Crippen molar-refractivity contribution in [3.05, 3.63) is 58.7 Å². The van der Waals surface area contributed by atoms with E-state index >= 15 is 0 Å². The molecule has 0 radical (unpaired) electrons. The van der Waals surface area contributed by atoms with Gasteiger partial charge in [0.25, 0.3) is 11.8 Å². The summed E-state index contributed by atoms with van der Waals surface area (Å²) in [6, 6.07) is 8.01. The fraction of sp³-hybridized carbons (Fsp3) is 0.167. The number of carbonyl (C=O) groups is 2. The molecule has 2 amide bonds. The Bertz CT molecular complexity index is 929. The number of carbonyl (C=O) groups excluding carboxylic acids is 2. The average Bonchev–Trinajstić information content (AvgIpc) is 2.84. The van der Waals surface area contributed by atoms with Crippen molar-refractivity contribution in [2.75, 3.05) is 7.05 Å². The number of aryl methyl sites for hydroxylation is 1. The molecule has 7 heteroatoms. The number of nitrogens with one attached hydrogen (secondary N) is 1. The van der Waals surface area contributed by atoms with Gasteiger partial charge in [0, 0.05) is 24.1 Å². The third-order valence-electron chi connectivity index (χ3n) is 4.16. The van der Waals surface area contributed by atoms with Gasteiger partial charge in [0.05, 0.1) is 0 Å². The van der Waals surface area contributed by atoms with Crippen LogP contribution in [0.2, 0.25) is 0 Å². The summed E-state index contributed by atoms with van der Waals surface area (Å²) in [5, 5.41) is 2.58. The molecular weight excluding hydrogens is 341 g/mol. The lowest BCUT2D eigenvalue weighted by molar-refractivity contribution is -0.128. The van der Waals surface area contributed by atoms with Crippen LogP contribution in [-0.2, 0) is 9.59 Å². The molecule has 2 heterocycles. The van der Waals surface area contributed by atoms with E-state index in [1.807, 2.05) is 24.5 Å². The van der Waals surface area contributed by atoms with Gasteiger partial charge in [0.1, 0.15) is 11.4 Å². The molecule has 0 bridgehead atoms. The summed E-state index contributed by atoms with van der Waals surface area (Å²) in [7, 11) is 1.51.